The van der Waals surface area contributed by atoms with Crippen LogP contribution in [0, 0.1) is 0 Å². The standard InChI is InChI=1S/C30H30F3N5O5S/c1-29(2)14-23-25(26(39)36-29)44-28(38(23)43-27(40)30(31,32)33)37-9-10-41-16-22(37)12-18-5-3-7-20(11-18)35-21-8-4-6-19(13-21)24-15-34-17-42-24/h3-8,11,13,15,17,22,28,35H,9-10,12,14,16H2,1-2H3,(H,36,39). The molecule has 1 aromatic heterocycles. The summed E-state index contributed by atoms with van der Waals surface area (Å²) in [5.74, 6) is -2.10. The number of thioether (sulfide) groups is 1. The maximum Gasteiger partial charge on any atom is 0.493 e. The Morgan fingerprint density at radius 1 is 1.20 bits per heavy atom. The Morgan fingerprint density at radius 2 is 1.98 bits per heavy atom. The van der Waals surface area contributed by atoms with E-state index in [2.05, 4.69) is 15.6 Å². The third-order valence-electron chi connectivity index (χ3n) is 7.46. The molecule has 14 heteroatoms. The number of morpholine rings is 1. The summed E-state index contributed by atoms with van der Waals surface area (Å²) < 4.78 is 51.2. The molecule has 3 aliphatic rings. The zero-order valence-corrected chi connectivity index (χ0v) is 24.7. The topological polar surface area (TPSA) is 109 Å². The third-order valence-corrected chi connectivity index (χ3v) is 8.79. The number of ether oxygens (including phenoxy) is 1. The van der Waals surface area contributed by atoms with Crippen LogP contribution in [0.2, 0.25) is 0 Å². The van der Waals surface area contributed by atoms with Gasteiger partial charge in [0.15, 0.2) is 17.7 Å². The Morgan fingerprint density at radius 3 is 2.73 bits per heavy atom. The lowest BCUT2D eigenvalue weighted by molar-refractivity contribution is -0.243. The Balaban J connectivity index is 1.22. The van der Waals surface area contributed by atoms with E-state index in [1.807, 2.05) is 53.4 Å². The molecular formula is C30H30F3N5O5S. The van der Waals surface area contributed by atoms with E-state index in [1.54, 1.807) is 20.0 Å². The fourth-order valence-corrected chi connectivity index (χ4v) is 6.87. The first-order chi connectivity index (χ1) is 21.0. The molecule has 0 spiro atoms. The minimum absolute atomic E-state index is 0.197. The van der Waals surface area contributed by atoms with Gasteiger partial charge in [-0.05, 0) is 50.1 Å². The van der Waals surface area contributed by atoms with Gasteiger partial charge in [-0.2, -0.15) is 18.2 Å². The van der Waals surface area contributed by atoms with Crippen LogP contribution in [0.25, 0.3) is 11.3 Å². The van der Waals surface area contributed by atoms with E-state index in [9.17, 15) is 22.8 Å². The van der Waals surface area contributed by atoms with Gasteiger partial charge in [-0.15, -0.1) is 0 Å². The summed E-state index contributed by atoms with van der Waals surface area (Å²) in [4.78, 5) is 36.1. The molecule has 2 aromatic carbocycles. The van der Waals surface area contributed by atoms with Crippen molar-refractivity contribution < 1.29 is 36.8 Å². The van der Waals surface area contributed by atoms with Gasteiger partial charge >= 0.3 is 12.1 Å². The summed E-state index contributed by atoms with van der Waals surface area (Å²) in [6.07, 6.45) is -1.49. The monoisotopic (exact) mass is 629 g/mol. The number of amides is 1. The van der Waals surface area contributed by atoms with Gasteiger partial charge in [0, 0.05) is 41.5 Å². The van der Waals surface area contributed by atoms with Crippen LogP contribution in [0.15, 0.2) is 76.1 Å². The van der Waals surface area contributed by atoms with E-state index in [0.29, 0.717) is 31.9 Å². The summed E-state index contributed by atoms with van der Waals surface area (Å²) in [6, 6.07) is 15.2. The Hall–Kier alpha value is -4.01. The molecule has 10 nitrogen and oxygen atoms in total. The maximum atomic E-state index is 13.3. The summed E-state index contributed by atoms with van der Waals surface area (Å²) in [6.45, 7) is 4.52. The number of rotatable bonds is 7. The summed E-state index contributed by atoms with van der Waals surface area (Å²) in [7, 11) is 0. The quantitative estimate of drug-likeness (QED) is 0.363. The van der Waals surface area contributed by atoms with Crippen LogP contribution in [0.5, 0.6) is 0 Å². The Bertz CT molecular complexity index is 1580. The second-order valence-corrected chi connectivity index (χ2v) is 12.4. The van der Waals surface area contributed by atoms with Gasteiger partial charge in [0.2, 0.25) is 0 Å². The first kappa shape index (κ1) is 30.0. The van der Waals surface area contributed by atoms with Crippen LogP contribution in [0.4, 0.5) is 24.5 Å². The lowest BCUT2D eigenvalue weighted by Crippen LogP contribution is -2.56. The molecule has 44 heavy (non-hydrogen) atoms. The predicted molar refractivity (Wildman–Crippen MR) is 156 cm³/mol. The molecule has 0 aliphatic carbocycles. The number of alkyl halides is 3. The molecule has 0 saturated carbocycles. The number of hydrogen-bond acceptors (Lipinski definition) is 10. The average Bonchev–Trinajstić information content (AvgIpc) is 3.62. The first-order valence-electron chi connectivity index (χ1n) is 14.0. The molecule has 232 valence electrons. The molecule has 3 aromatic rings. The van der Waals surface area contributed by atoms with Crippen molar-refractivity contribution in [3.8, 4) is 11.3 Å². The van der Waals surface area contributed by atoms with Crippen molar-refractivity contribution in [2.24, 2.45) is 0 Å². The van der Waals surface area contributed by atoms with E-state index in [-0.39, 0.29) is 23.1 Å². The summed E-state index contributed by atoms with van der Waals surface area (Å²) >= 11 is 1.08. The van der Waals surface area contributed by atoms with Gasteiger partial charge in [0.25, 0.3) is 5.91 Å². The number of hydroxylamine groups is 2. The van der Waals surface area contributed by atoms with Crippen molar-refractivity contribution in [1.82, 2.24) is 20.3 Å². The summed E-state index contributed by atoms with van der Waals surface area (Å²) in [5.41, 5.74) is 2.17. The molecule has 4 heterocycles. The van der Waals surface area contributed by atoms with Crippen LogP contribution in [-0.2, 0) is 25.6 Å². The van der Waals surface area contributed by atoms with Gasteiger partial charge in [-0.25, -0.2) is 9.78 Å². The second-order valence-electron chi connectivity index (χ2n) is 11.4. The van der Waals surface area contributed by atoms with Crippen LogP contribution in [0.1, 0.15) is 25.8 Å². The molecule has 1 saturated heterocycles. The van der Waals surface area contributed by atoms with E-state index >= 15 is 0 Å². The number of aromatic nitrogens is 1. The zero-order chi connectivity index (χ0) is 31.1. The van der Waals surface area contributed by atoms with Crippen LogP contribution >= 0.6 is 11.8 Å². The van der Waals surface area contributed by atoms with Gasteiger partial charge in [-0.3, -0.25) is 9.69 Å². The van der Waals surface area contributed by atoms with Crippen LogP contribution < -0.4 is 10.6 Å². The number of benzene rings is 2. The Labute approximate surface area is 255 Å². The minimum Gasteiger partial charge on any atom is -0.444 e. The SMILES string of the molecule is CC1(C)CC2=C(SC(N3CCOCC3Cc3cccc(Nc4cccc(-c5cnco5)c4)c3)N2OC(=O)C(F)(F)F)C(=O)N1. The molecular weight excluding hydrogens is 599 g/mol. The van der Waals surface area contributed by atoms with Gasteiger partial charge < -0.3 is 24.6 Å². The lowest BCUT2D eigenvalue weighted by atomic mass is 9.94. The number of nitrogens with one attached hydrogen (secondary N) is 2. The van der Waals surface area contributed by atoms with E-state index in [4.69, 9.17) is 14.0 Å². The molecule has 3 aliphatic heterocycles. The highest BCUT2D eigenvalue weighted by Gasteiger charge is 2.51. The molecule has 6 rings (SSSR count). The van der Waals surface area contributed by atoms with Crippen LogP contribution in [0.3, 0.4) is 0 Å². The molecule has 2 unspecified atom stereocenters. The van der Waals surface area contributed by atoms with E-state index in [1.165, 1.54) is 6.39 Å². The average molecular weight is 630 g/mol. The highest BCUT2D eigenvalue weighted by molar-refractivity contribution is 8.04. The van der Waals surface area contributed by atoms with Crippen molar-refractivity contribution in [3.63, 3.8) is 0 Å². The molecule has 2 atom stereocenters. The van der Waals surface area contributed by atoms with Gasteiger partial charge in [-0.1, -0.05) is 36.0 Å². The van der Waals surface area contributed by atoms with Crippen molar-refractivity contribution in [3.05, 3.63) is 77.3 Å². The molecule has 1 fully saturated rings. The normalized spacial score (nSPS) is 22.0. The van der Waals surface area contributed by atoms with E-state index in [0.717, 1.165) is 39.3 Å². The zero-order valence-electron chi connectivity index (χ0n) is 23.9. The highest BCUT2D eigenvalue weighted by Crippen LogP contribution is 2.46. The fraction of sp³-hybridized carbons (Fsp3) is 0.367. The fourth-order valence-electron chi connectivity index (χ4n) is 5.53. The predicted octanol–water partition coefficient (Wildman–Crippen LogP) is 5.19. The molecule has 2 N–H and O–H groups in total. The van der Waals surface area contributed by atoms with E-state index < -0.39 is 29.1 Å². The molecule has 0 radical (unpaired) electrons. The van der Waals surface area contributed by atoms with Crippen molar-refractivity contribution in [2.45, 2.75) is 49.9 Å². The van der Waals surface area contributed by atoms with Gasteiger partial charge in [0.1, 0.15) is 0 Å². The Kier molecular flexibility index (Phi) is 8.07. The molecule has 1 amide bonds. The first-order valence-corrected chi connectivity index (χ1v) is 14.8. The van der Waals surface area contributed by atoms with Crippen molar-refractivity contribution in [1.29, 1.82) is 0 Å². The third kappa shape index (κ3) is 6.42. The highest BCUT2D eigenvalue weighted by atomic mass is 32.2. The number of oxazole rings is 1. The van der Waals surface area contributed by atoms with Crippen LogP contribution in [-0.4, -0.2) is 69.8 Å². The minimum atomic E-state index is -5.20. The maximum absolute atomic E-state index is 13.3. The number of halogens is 3. The number of nitrogens with zero attached hydrogens (tertiary/aromatic N) is 3. The number of anilines is 2. The van der Waals surface area contributed by atoms with Crippen molar-refractivity contribution in [2.75, 3.05) is 25.1 Å². The summed E-state index contributed by atoms with van der Waals surface area (Å²) in [5, 5.41) is 7.26. The smallest absolute Gasteiger partial charge is 0.444 e. The number of hydrogen-bond donors (Lipinski definition) is 2. The van der Waals surface area contributed by atoms with Crippen molar-refractivity contribution >= 4 is 35.0 Å². The van der Waals surface area contributed by atoms with Gasteiger partial charge in [0.05, 0.1) is 30.0 Å². The number of carbonyl (C=O) groups is 2. The second kappa shape index (κ2) is 11.8. The molecule has 0 bridgehead atoms. The largest absolute Gasteiger partial charge is 0.493 e. The number of carbonyl (C=O) groups excluding carboxylic acids is 2. The lowest BCUT2D eigenvalue weighted by Gasteiger charge is -2.42.